The highest BCUT2D eigenvalue weighted by molar-refractivity contribution is 5.80. The van der Waals surface area contributed by atoms with Gasteiger partial charge in [-0.3, -0.25) is 4.99 Å². The molecule has 1 fully saturated rings. The zero-order valence-electron chi connectivity index (χ0n) is 18.7. The number of rotatable bonds is 9. The summed E-state index contributed by atoms with van der Waals surface area (Å²) in [5.74, 6) is 4.23. The largest absolute Gasteiger partial charge is 0.497 e. The van der Waals surface area contributed by atoms with E-state index in [0.29, 0.717) is 5.92 Å². The van der Waals surface area contributed by atoms with Crippen LogP contribution in [0.25, 0.3) is 0 Å². The van der Waals surface area contributed by atoms with E-state index in [0.717, 1.165) is 75.3 Å². The lowest BCUT2D eigenvalue weighted by Crippen LogP contribution is -2.40. The van der Waals surface area contributed by atoms with Crippen LogP contribution in [0.2, 0.25) is 0 Å². The van der Waals surface area contributed by atoms with Gasteiger partial charge >= 0.3 is 0 Å². The molecule has 0 bridgehead atoms. The van der Waals surface area contributed by atoms with Gasteiger partial charge in [-0.1, -0.05) is 0 Å². The summed E-state index contributed by atoms with van der Waals surface area (Å²) in [6.45, 7) is 8.84. The molecule has 164 valence electrons. The first-order chi connectivity index (χ1) is 14.6. The summed E-state index contributed by atoms with van der Waals surface area (Å²) in [4.78, 5) is 11.5. The van der Waals surface area contributed by atoms with Gasteiger partial charge in [-0.05, 0) is 50.8 Å². The number of aromatic nitrogens is 2. The van der Waals surface area contributed by atoms with Gasteiger partial charge in [0.2, 0.25) is 0 Å². The molecule has 1 saturated heterocycles. The molecule has 0 radical (unpaired) electrons. The van der Waals surface area contributed by atoms with Crippen molar-refractivity contribution >= 4 is 5.96 Å². The van der Waals surface area contributed by atoms with Crippen molar-refractivity contribution in [3.05, 3.63) is 42.0 Å². The molecule has 3 rings (SSSR count). The van der Waals surface area contributed by atoms with E-state index in [1.165, 1.54) is 5.56 Å². The minimum absolute atomic E-state index is 0.446. The number of likely N-dealkylation sites (tertiary alicyclic amines) is 1. The Morgan fingerprint density at radius 3 is 2.60 bits per heavy atom. The first-order valence-electron chi connectivity index (χ1n) is 10.9. The van der Waals surface area contributed by atoms with Crippen LogP contribution in [0.4, 0.5) is 0 Å². The minimum atomic E-state index is 0.446. The maximum atomic E-state index is 5.44. The summed E-state index contributed by atoms with van der Waals surface area (Å²) < 4.78 is 13.1. The fourth-order valence-electron chi connectivity index (χ4n) is 3.93. The second-order valence-corrected chi connectivity index (χ2v) is 7.69. The minimum Gasteiger partial charge on any atom is -0.497 e. The Morgan fingerprint density at radius 1 is 1.20 bits per heavy atom. The van der Waals surface area contributed by atoms with Gasteiger partial charge in [-0.2, -0.15) is 0 Å². The lowest BCUT2D eigenvalue weighted by Gasteiger charge is -2.22. The number of aliphatic imine (C=N–C) groups is 1. The molecule has 30 heavy (non-hydrogen) atoms. The van der Waals surface area contributed by atoms with Crippen LogP contribution in [0.5, 0.6) is 11.5 Å². The maximum absolute atomic E-state index is 5.44. The van der Waals surface area contributed by atoms with Crippen LogP contribution in [0.1, 0.15) is 43.5 Å². The van der Waals surface area contributed by atoms with Gasteiger partial charge in [0.05, 0.1) is 14.2 Å². The van der Waals surface area contributed by atoms with Crippen molar-refractivity contribution < 1.29 is 9.47 Å². The molecule has 2 aromatic rings. The maximum Gasteiger partial charge on any atom is 0.193 e. The van der Waals surface area contributed by atoms with Gasteiger partial charge in [0, 0.05) is 57.1 Å². The van der Waals surface area contributed by atoms with Gasteiger partial charge in [0.25, 0.3) is 0 Å². The third kappa shape index (κ3) is 5.68. The molecule has 1 aromatic heterocycles. The van der Waals surface area contributed by atoms with Crippen LogP contribution < -0.4 is 14.8 Å². The van der Waals surface area contributed by atoms with Crippen LogP contribution in [0, 0.1) is 6.92 Å². The molecule has 1 aliphatic heterocycles. The number of hydrogen-bond acceptors (Lipinski definition) is 4. The first-order valence-corrected chi connectivity index (χ1v) is 10.9. The summed E-state index contributed by atoms with van der Waals surface area (Å²) in [5.41, 5.74) is 1.26. The Labute approximate surface area is 180 Å². The monoisotopic (exact) mass is 413 g/mol. The Bertz CT molecular complexity index is 811. The number of unbranched alkanes of at least 4 members (excludes halogenated alkanes) is 1. The molecule has 7 nitrogen and oxygen atoms in total. The number of nitrogens with one attached hydrogen (secondary N) is 1. The molecule has 1 aliphatic rings. The van der Waals surface area contributed by atoms with Crippen LogP contribution >= 0.6 is 0 Å². The fraction of sp³-hybridized carbons (Fsp3) is 0.565. The van der Waals surface area contributed by atoms with Crippen molar-refractivity contribution in [2.45, 2.75) is 45.6 Å². The number of imidazole rings is 1. The molecule has 1 atom stereocenters. The Kier molecular flexibility index (Phi) is 7.99. The number of methoxy groups -OCH3 is 2. The van der Waals surface area contributed by atoms with Crippen molar-refractivity contribution in [3.8, 4) is 11.5 Å². The third-order valence-electron chi connectivity index (χ3n) is 5.66. The average Bonchev–Trinajstić information content (AvgIpc) is 3.41. The van der Waals surface area contributed by atoms with Gasteiger partial charge < -0.3 is 24.3 Å². The lowest BCUT2D eigenvalue weighted by molar-refractivity contribution is 0.392. The molecule has 2 heterocycles. The molecule has 1 aromatic carbocycles. The van der Waals surface area contributed by atoms with E-state index >= 15 is 0 Å². The summed E-state index contributed by atoms with van der Waals surface area (Å²) in [6.07, 6.45) is 7.17. The summed E-state index contributed by atoms with van der Waals surface area (Å²) in [7, 11) is 3.40. The van der Waals surface area contributed by atoms with Crippen LogP contribution in [-0.2, 0) is 6.54 Å². The van der Waals surface area contributed by atoms with E-state index in [2.05, 4.69) is 38.8 Å². The lowest BCUT2D eigenvalue weighted by atomic mass is 9.98. The number of benzene rings is 1. The fourth-order valence-corrected chi connectivity index (χ4v) is 3.93. The standard InChI is InChI=1S/C23H35N5O2/c1-5-24-23(26-9-6-7-11-27-13-10-25-18(27)2)28-12-8-19(17-28)20-14-21(29-3)16-22(15-20)30-4/h10,13-16,19H,5-9,11-12,17H2,1-4H3,(H,24,26). The van der Waals surface area contributed by atoms with E-state index in [1.807, 2.05) is 25.4 Å². The normalized spacial score (nSPS) is 16.7. The molecule has 0 spiro atoms. The first kappa shape index (κ1) is 22.0. The SMILES string of the molecule is CCNC(=NCCCCn1ccnc1C)N1CCC(c2cc(OC)cc(OC)c2)C1. The molecule has 1 N–H and O–H groups in total. The van der Waals surface area contributed by atoms with Crippen molar-refractivity contribution in [2.24, 2.45) is 4.99 Å². The van der Waals surface area contributed by atoms with E-state index in [4.69, 9.17) is 14.5 Å². The molecular weight excluding hydrogens is 378 g/mol. The zero-order valence-corrected chi connectivity index (χ0v) is 18.7. The van der Waals surface area contributed by atoms with E-state index < -0.39 is 0 Å². The van der Waals surface area contributed by atoms with Crippen molar-refractivity contribution in [3.63, 3.8) is 0 Å². The number of hydrogen-bond donors (Lipinski definition) is 1. The van der Waals surface area contributed by atoms with Gasteiger partial charge in [0.15, 0.2) is 5.96 Å². The molecular formula is C23H35N5O2. The Hall–Kier alpha value is -2.70. The van der Waals surface area contributed by atoms with Crippen molar-refractivity contribution in [1.82, 2.24) is 19.8 Å². The molecule has 0 amide bonds. The highest BCUT2D eigenvalue weighted by atomic mass is 16.5. The van der Waals surface area contributed by atoms with E-state index in [-0.39, 0.29) is 0 Å². The zero-order chi connectivity index (χ0) is 21.3. The van der Waals surface area contributed by atoms with E-state index in [9.17, 15) is 0 Å². The van der Waals surface area contributed by atoms with Gasteiger partial charge in [-0.15, -0.1) is 0 Å². The van der Waals surface area contributed by atoms with Gasteiger partial charge in [0.1, 0.15) is 17.3 Å². The van der Waals surface area contributed by atoms with E-state index in [1.54, 1.807) is 14.2 Å². The molecule has 0 aliphatic carbocycles. The quantitative estimate of drug-likeness (QED) is 0.388. The van der Waals surface area contributed by atoms with Gasteiger partial charge in [-0.25, -0.2) is 4.98 Å². The van der Waals surface area contributed by atoms with Crippen molar-refractivity contribution in [1.29, 1.82) is 0 Å². The third-order valence-corrected chi connectivity index (χ3v) is 5.66. The average molecular weight is 414 g/mol. The number of guanidine groups is 1. The number of aryl methyl sites for hydroxylation is 2. The Balaban J connectivity index is 1.56. The van der Waals surface area contributed by atoms with Crippen LogP contribution in [0.15, 0.2) is 35.6 Å². The van der Waals surface area contributed by atoms with Crippen LogP contribution in [-0.4, -0.2) is 60.8 Å². The summed E-state index contributed by atoms with van der Waals surface area (Å²) in [6, 6.07) is 6.17. The predicted octanol–water partition coefficient (Wildman–Crippen LogP) is 3.44. The number of nitrogens with zero attached hydrogens (tertiary/aromatic N) is 4. The highest BCUT2D eigenvalue weighted by Gasteiger charge is 2.26. The second-order valence-electron chi connectivity index (χ2n) is 7.69. The molecule has 7 heteroatoms. The highest BCUT2D eigenvalue weighted by Crippen LogP contribution is 2.32. The molecule has 1 unspecified atom stereocenters. The number of ether oxygens (including phenoxy) is 2. The Morgan fingerprint density at radius 2 is 1.97 bits per heavy atom. The van der Waals surface area contributed by atoms with Crippen molar-refractivity contribution in [2.75, 3.05) is 40.4 Å². The predicted molar refractivity (Wildman–Crippen MR) is 121 cm³/mol. The van der Waals surface area contributed by atoms with Crippen LogP contribution in [0.3, 0.4) is 0 Å². The topological polar surface area (TPSA) is 63.9 Å². The summed E-state index contributed by atoms with van der Waals surface area (Å²) in [5, 5.41) is 3.47. The second kappa shape index (κ2) is 10.9. The molecule has 0 saturated carbocycles. The summed E-state index contributed by atoms with van der Waals surface area (Å²) >= 11 is 0. The smallest absolute Gasteiger partial charge is 0.193 e.